The largest absolute Gasteiger partial charge is 0.369 e. The summed E-state index contributed by atoms with van der Waals surface area (Å²) in [7, 11) is 0. The van der Waals surface area contributed by atoms with Gasteiger partial charge in [-0.1, -0.05) is 6.92 Å². The molecule has 0 aromatic rings. The number of amides is 1. The van der Waals surface area contributed by atoms with E-state index in [1.165, 1.54) is 0 Å². The van der Waals surface area contributed by atoms with Crippen LogP contribution in [0.5, 0.6) is 0 Å². The van der Waals surface area contributed by atoms with Gasteiger partial charge in [0, 0.05) is 25.7 Å². The lowest BCUT2D eigenvalue weighted by Crippen LogP contribution is -2.53. The van der Waals surface area contributed by atoms with Crippen LogP contribution in [0, 0.1) is 5.92 Å². The van der Waals surface area contributed by atoms with E-state index in [0.717, 1.165) is 19.6 Å². The van der Waals surface area contributed by atoms with Gasteiger partial charge < -0.3 is 16.4 Å². The molecule has 2 unspecified atom stereocenters. The lowest BCUT2D eigenvalue weighted by molar-refractivity contribution is -0.122. The van der Waals surface area contributed by atoms with Gasteiger partial charge in [-0.25, -0.2) is 0 Å². The maximum atomic E-state index is 10.8. The van der Waals surface area contributed by atoms with Crippen molar-refractivity contribution in [3.63, 3.8) is 0 Å². The predicted octanol–water partition coefficient (Wildman–Crippen LogP) is -1.33. The number of hydrogen-bond acceptors (Lipinski definition) is 3. The van der Waals surface area contributed by atoms with E-state index in [0.29, 0.717) is 0 Å². The van der Waals surface area contributed by atoms with Crippen molar-refractivity contribution in [2.75, 3.05) is 19.6 Å². The standard InChI is InChI=1S/C7H15N3O/c1-5(7(8)11)6-4-9-2-3-10-6/h5-6,9-10H,2-4H2,1H3,(H2,8,11). The van der Waals surface area contributed by atoms with Crippen LogP contribution in [0.3, 0.4) is 0 Å². The van der Waals surface area contributed by atoms with Gasteiger partial charge in [0.2, 0.25) is 5.91 Å². The van der Waals surface area contributed by atoms with E-state index in [2.05, 4.69) is 10.6 Å². The van der Waals surface area contributed by atoms with Crippen LogP contribution < -0.4 is 16.4 Å². The molecule has 0 aromatic heterocycles. The SMILES string of the molecule is CC(C(N)=O)C1CNCCN1. The number of hydrogen-bond donors (Lipinski definition) is 3. The molecule has 1 aliphatic heterocycles. The highest BCUT2D eigenvalue weighted by Gasteiger charge is 2.22. The molecule has 1 heterocycles. The Hall–Kier alpha value is -0.610. The van der Waals surface area contributed by atoms with Crippen molar-refractivity contribution < 1.29 is 4.79 Å². The molecule has 1 saturated heterocycles. The number of carbonyl (C=O) groups excluding carboxylic acids is 1. The Balaban J connectivity index is 2.38. The van der Waals surface area contributed by atoms with Gasteiger partial charge in [0.15, 0.2) is 0 Å². The van der Waals surface area contributed by atoms with E-state index in [4.69, 9.17) is 5.73 Å². The van der Waals surface area contributed by atoms with E-state index in [1.54, 1.807) is 0 Å². The molecule has 4 nitrogen and oxygen atoms in total. The Morgan fingerprint density at radius 3 is 2.82 bits per heavy atom. The van der Waals surface area contributed by atoms with Crippen molar-refractivity contribution in [1.29, 1.82) is 0 Å². The van der Waals surface area contributed by atoms with Gasteiger partial charge in [-0.15, -0.1) is 0 Å². The fraction of sp³-hybridized carbons (Fsp3) is 0.857. The highest BCUT2D eigenvalue weighted by molar-refractivity contribution is 5.77. The lowest BCUT2D eigenvalue weighted by atomic mass is 10.0. The summed E-state index contributed by atoms with van der Waals surface area (Å²) in [5.41, 5.74) is 5.16. The Kier molecular flexibility index (Phi) is 2.84. The summed E-state index contributed by atoms with van der Waals surface area (Å²) in [6.07, 6.45) is 0. The van der Waals surface area contributed by atoms with Crippen molar-refractivity contribution in [3.05, 3.63) is 0 Å². The summed E-state index contributed by atoms with van der Waals surface area (Å²) in [5.74, 6) is -0.311. The zero-order valence-corrected chi connectivity index (χ0v) is 6.76. The minimum atomic E-state index is -0.230. The van der Waals surface area contributed by atoms with Crippen molar-refractivity contribution in [2.24, 2.45) is 11.7 Å². The molecule has 0 bridgehead atoms. The Labute approximate surface area is 66.5 Å². The van der Waals surface area contributed by atoms with Gasteiger partial charge in [0.1, 0.15) is 0 Å². The van der Waals surface area contributed by atoms with E-state index in [9.17, 15) is 4.79 Å². The second-order valence-electron chi connectivity index (χ2n) is 2.96. The van der Waals surface area contributed by atoms with Gasteiger partial charge in [0.05, 0.1) is 5.92 Å². The van der Waals surface area contributed by atoms with E-state index < -0.39 is 0 Å². The molecule has 1 fully saturated rings. The molecule has 0 aromatic carbocycles. The minimum Gasteiger partial charge on any atom is -0.369 e. The van der Waals surface area contributed by atoms with Crippen LogP contribution in [0.4, 0.5) is 0 Å². The average Bonchev–Trinajstić information content (AvgIpc) is 2.05. The Bertz CT molecular complexity index is 143. The number of rotatable bonds is 2. The van der Waals surface area contributed by atoms with Crippen LogP contribution in [0.15, 0.2) is 0 Å². The van der Waals surface area contributed by atoms with E-state index >= 15 is 0 Å². The molecule has 1 aliphatic rings. The highest BCUT2D eigenvalue weighted by Crippen LogP contribution is 2.02. The van der Waals surface area contributed by atoms with Gasteiger partial charge >= 0.3 is 0 Å². The van der Waals surface area contributed by atoms with Crippen LogP contribution in [0.25, 0.3) is 0 Å². The van der Waals surface area contributed by atoms with Gasteiger partial charge in [-0.2, -0.15) is 0 Å². The Morgan fingerprint density at radius 1 is 1.64 bits per heavy atom. The molecule has 0 spiro atoms. The average molecular weight is 157 g/mol. The smallest absolute Gasteiger partial charge is 0.221 e. The zero-order valence-electron chi connectivity index (χ0n) is 6.76. The summed E-state index contributed by atoms with van der Waals surface area (Å²) in [4.78, 5) is 10.8. The van der Waals surface area contributed by atoms with Crippen molar-refractivity contribution in [2.45, 2.75) is 13.0 Å². The fourth-order valence-electron chi connectivity index (χ4n) is 1.23. The first-order valence-corrected chi connectivity index (χ1v) is 3.95. The van der Waals surface area contributed by atoms with Gasteiger partial charge in [0.25, 0.3) is 0 Å². The Morgan fingerprint density at radius 2 is 2.36 bits per heavy atom. The van der Waals surface area contributed by atoms with E-state index in [1.807, 2.05) is 6.92 Å². The van der Waals surface area contributed by atoms with Crippen molar-refractivity contribution >= 4 is 5.91 Å². The quantitative estimate of drug-likeness (QED) is 0.465. The van der Waals surface area contributed by atoms with E-state index in [-0.39, 0.29) is 17.9 Å². The van der Waals surface area contributed by atoms with Crippen molar-refractivity contribution in [1.82, 2.24) is 10.6 Å². The monoisotopic (exact) mass is 157 g/mol. The number of nitrogens with two attached hydrogens (primary N) is 1. The number of carbonyl (C=O) groups is 1. The normalized spacial score (nSPS) is 27.9. The predicted molar refractivity (Wildman–Crippen MR) is 43.0 cm³/mol. The molecule has 1 amide bonds. The summed E-state index contributed by atoms with van der Waals surface area (Å²) >= 11 is 0. The lowest BCUT2D eigenvalue weighted by Gasteiger charge is -2.27. The molecule has 4 N–H and O–H groups in total. The van der Waals surface area contributed by atoms with Crippen LogP contribution in [0.2, 0.25) is 0 Å². The molecule has 64 valence electrons. The van der Waals surface area contributed by atoms with Gasteiger partial charge in [-0.05, 0) is 0 Å². The third-order valence-electron chi connectivity index (χ3n) is 2.12. The number of nitrogens with one attached hydrogen (secondary N) is 2. The summed E-state index contributed by atoms with van der Waals surface area (Å²) in [5, 5.41) is 6.44. The number of piperazine rings is 1. The second kappa shape index (κ2) is 3.69. The van der Waals surface area contributed by atoms with Gasteiger partial charge in [-0.3, -0.25) is 4.79 Å². The molecular weight excluding hydrogens is 142 g/mol. The fourth-order valence-corrected chi connectivity index (χ4v) is 1.23. The molecule has 0 radical (unpaired) electrons. The minimum absolute atomic E-state index is 0.0807. The van der Waals surface area contributed by atoms with Crippen molar-refractivity contribution in [3.8, 4) is 0 Å². The molecule has 1 rings (SSSR count). The van der Waals surface area contributed by atoms with Crippen LogP contribution in [0.1, 0.15) is 6.92 Å². The van der Waals surface area contributed by atoms with Crippen LogP contribution >= 0.6 is 0 Å². The molecule has 0 saturated carbocycles. The van der Waals surface area contributed by atoms with Crippen LogP contribution in [-0.2, 0) is 4.79 Å². The molecular formula is C7H15N3O. The zero-order chi connectivity index (χ0) is 8.27. The third-order valence-corrected chi connectivity index (χ3v) is 2.12. The first-order chi connectivity index (χ1) is 5.22. The highest BCUT2D eigenvalue weighted by atomic mass is 16.1. The second-order valence-corrected chi connectivity index (χ2v) is 2.96. The third kappa shape index (κ3) is 2.17. The summed E-state index contributed by atoms with van der Waals surface area (Å²) in [6.45, 7) is 4.58. The molecule has 11 heavy (non-hydrogen) atoms. The summed E-state index contributed by atoms with van der Waals surface area (Å²) in [6, 6.07) is 0.209. The molecule has 4 heteroatoms. The number of primary amides is 1. The first kappa shape index (κ1) is 8.49. The summed E-state index contributed by atoms with van der Waals surface area (Å²) < 4.78 is 0. The molecule has 2 atom stereocenters. The van der Waals surface area contributed by atoms with Crippen LogP contribution in [-0.4, -0.2) is 31.6 Å². The maximum absolute atomic E-state index is 10.8. The maximum Gasteiger partial charge on any atom is 0.221 e. The molecule has 0 aliphatic carbocycles. The topological polar surface area (TPSA) is 67.2 Å². The first-order valence-electron chi connectivity index (χ1n) is 3.95.